The Morgan fingerprint density at radius 1 is 0.679 bits per heavy atom. The van der Waals surface area contributed by atoms with E-state index in [0.29, 0.717) is 0 Å². The number of hydrogen-bond donors (Lipinski definition) is 0. The third kappa shape index (κ3) is 1.66. The van der Waals surface area contributed by atoms with Crippen LogP contribution in [0.25, 0.3) is 60.3 Å². The summed E-state index contributed by atoms with van der Waals surface area (Å²) < 4.78 is 8.62. The maximum atomic E-state index is 6.28. The molecule has 4 aromatic carbocycles. The van der Waals surface area contributed by atoms with Gasteiger partial charge < -0.3 is 8.98 Å². The van der Waals surface area contributed by atoms with Gasteiger partial charge in [0.2, 0.25) is 0 Å². The van der Waals surface area contributed by atoms with E-state index in [0.717, 1.165) is 44.2 Å². The molecule has 0 aliphatic carbocycles. The Morgan fingerprint density at radius 2 is 1.50 bits per heavy atom. The predicted octanol–water partition coefficient (Wildman–Crippen LogP) is 6.67. The summed E-state index contributed by atoms with van der Waals surface area (Å²) in [4.78, 5) is 4.79. The second kappa shape index (κ2) is 4.90. The van der Waals surface area contributed by atoms with E-state index in [1.807, 2.05) is 18.3 Å². The molecule has 0 N–H and O–H groups in total. The molecule has 28 heavy (non-hydrogen) atoms. The Balaban J connectivity index is 1.92. The lowest BCUT2D eigenvalue weighted by molar-refractivity contribution is 0.648. The van der Waals surface area contributed by atoms with E-state index in [9.17, 15) is 0 Å². The van der Waals surface area contributed by atoms with Crippen molar-refractivity contribution < 1.29 is 4.42 Å². The second-order valence-corrected chi connectivity index (χ2v) is 7.29. The number of pyridine rings is 2. The van der Waals surface area contributed by atoms with Crippen molar-refractivity contribution in [3.63, 3.8) is 0 Å². The van der Waals surface area contributed by atoms with Crippen LogP contribution < -0.4 is 0 Å². The van der Waals surface area contributed by atoms with Gasteiger partial charge in [-0.15, -0.1) is 0 Å². The standard InChI is InChI=1S/C25H14N2O/c1-2-6-17-14-20-18(13-16(17)5-1)24-23-15(11-12-26-24)9-10-22-25(23)27(20)19-7-3-4-8-21(19)28-22/h1-14H. The van der Waals surface area contributed by atoms with Crippen molar-refractivity contribution in [1.29, 1.82) is 0 Å². The van der Waals surface area contributed by atoms with Crippen molar-refractivity contribution in [2.24, 2.45) is 0 Å². The highest BCUT2D eigenvalue weighted by Crippen LogP contribution is 2.41. The van der Waals surface area contributed by atoms with Crippen LogP contribution in [0.2, 0.25) is 0 Å². The number of benzene rings is 4. The van der Waals surface area contributed by atoms with E-state index in [1.165, 1.54) is 16.2 Å². The summed E-state index contributed by atoms with van der Waals surface area (Å²) in [5.74, 6) is 0. The van der Waals surface area contributed by atoms with Gasteiger partial charge in [-0.05, 0) is 52.6 Å². The van der Waals surface area contributed by atoms with Gasteiger partial charge in [-0.25, -0.2) is 0 Å². The highest BCUT2D eigenvalue weighted by Gasteiger charge is 2.21. The molecule has 0 spiro atoms. The summed E-state index contributed by atoms with van der Waals surface area (Å²) in [6.07, 6.45) is 1.90. The van der Waals surface area contributed by atoms with Crippen LogP contribution in [0.1, 0.15) is 0 Å². The van der Waals surface area contributed by atoms with Crippen molar-refractivity contribution >= 4 is 54.6 Å². The van der Waals surface area contributed by atoms with E-state index >= 15 is 0 Å². The highest BCUT2D eigenvalue weighted by molar-refractivity contribution is 6.20. The van der Waals surface area contributed by atoms with Gasteiger partial charge in [-0.2, -0.15) is 0 Å². The van der Waals surface area contributed by atoms with Crippen LogP contribution in [0.15, 0.2) is 89.5 Å². The lowest BCUT2D eigenvalue weighted by Crippen LogP contribution is -2.05. The largest absolute Gasteiger partial charge is 0.453 e. The molecular weight excluding hydrogens is 344 g/mol. The van der Waals surface area contributed by atoms with Gasteiger partial charge in [-0.1, -0.05) is 42.5 Å². The van der Waals surface area contributed by atoms with Gasteiger partial charge in [0.25, 0.3) is 0 Å². The van der Waals surface area contributed by atoms with Crippen LogP contribution in [0, 0.1) is 0 Å². The molecular formula is C25H14N2O. The Kier molecular flexibility index (Phi) is 2.49. The van der Waals surface area contributed by atoms with Crippen LogP contribution in [0.5, 0.6) is 0 Å². The fourth-order valence-electron chi connectivity index (χ4n) is 4.56. The molecule has 0 amide bonds. The number of rotatable bonds is 0. The summed E-state index contributed by atoms with van der Waals surface area (Å²) >= 11 is 0. The summed E-state index contributed by atoms with van der Waals surface area (Å²) in [7, 11) is 0. The number of hydrogen-bond acceptors (Lipinski definition) is 2. The molecule has 0 fully saturated rings. The molecule has 1 aromatic heterocycles. The number of aromatic nitrogens is 2. The third-order valence-electron chi connectivity index (χ3n) is 5.78. The van der Waals surface area contributed by atoms with Gasteiger partial charge in [-0.3, -0.25) is 4.98 Å². The molecule has 0 atom stereocenters. The summed E-state index contributed by atoms with van der Waals surface area (Å²) in [5.41, 5.74) is 6.07. The van der Waals surface area contributed by atoms with Gasteiger partial charge in [0, 0.05) is 17.0 Å². The topological polar surface area (TPSA) is 31.0 Å². The fraction of sp³-hybridized carbons (Fsp3) is 0. The molecule has 0 saturated heterocycles. The summed E-state index contributed by atoms with van der Waals surface area (Å²) in [6, 6.07) is 27.5. The molecule has 2 aliphatic rings. The quantitative estimate of drug-likeness (QED) is 0.224. The monoisotopic (exact) mass is 358 g/mol. The molecule has 3 heteroatoms. The average Bonchev–Trinajstić information content (AvgIpc) is 2.76. The van der Waals surface area contributed by atoms with Gasteiger partial charge in [0.1, 0.15) is 0 Å². The first-order chi connectivity index (χ1) is 13.9. The van der Waals surface area contributed by atoms with E-state index in [2.05, 4.69) is 71.3 Å². The predicted molar refractivity (Wildman–Crippen MR) is 115 cm³/mol. The Labute approximate surface area is 159 Å². The minimum Gasteiger partial charge on any atom is -0.453 e. The zero-order chi connectivity index (χ0) is 18.2. The van der Waals surface area contributed by atoms with Crippen LogP contribution >= 0.6 is 0 Å². The average molecular weight is 358 g/mol. The zero-order valence-electron chi connectivity index (χ0n) is 14.9. The van der Waals surface area contributed by atoms with Crippen molar-refractivity contribution in [2.45, 2.75) is 0 Å². The fourth-order valence-corrected chi connectivity index (χ4v) is 4.56. The van der Waals surface area contributed by atoms with E-state index in [4.69, 9.17) is 9.40 Å². The smallest absolute Gasteiger partial charge is 0.152 e. The van der Waals surface area contributed by atoms with Crippen molar-refractivity contribution in [3.8, 4) is 5.69 Å². The SMILES string of the molecule is c1ccc2cc3c(cc2c1)c1nccc2ccc4oc5ccccc5n3-c4c21. The second-order valence-electron chi connectivity index (χ2n) is 7.29. The zero-order valence-corrected chi connectivity index (χ0v) is 14.9. The number of fused-ring (bicyclic) bond motifs is 6. The molecule has 3 nitrogen and oxygen atoms in total. The number of para-hydroxylation sites is 2. The number of nitrogens with zero attached hydrogens (tertiary/aromatic N) is 2. The molecule has 2 aliphatic heterocycles. The Morgan fingerprint density at radius 3 is 2.43 bits per heavy atom. The van der Waals surface area contributed by atoms with Crippen LogP contribution in [-0.2, 0) is 0 Å². The molecule has 0 unspecified atom stereocenters. The van der Waals surface area contributed by atoms with Crippen LogP contribution in [0.3, 0.4) is 0 Å². The molecule has 130 valence electrons. The summed E-state index contributed by atoms with van der Waals surface area (Å²) in [5, 5.41) is 5.93. The van der Waals surface area contributed by atoms with Crippen molar-refractivity contribution in [3.05, 3.63) is 85.1 Å². The highest BCUT2D eigenvalue weighted by atomic mass is 16.3. The minimum atomic E-state index is 0.874. The minimum absolute atomic E-state index is 0.874. The van der Waals surface area contributed by atoms with Crippen molar-refractivity contribution in [1.82, 2.24) is 9.55 Å². The first-order valence-corrected chi connectivity index (χ1v) is 9.40. The van der Waals surface area contributed by atoms with Crippen LogP contribution in [-0.4, -0.2) is 9.55 Å². The van der Waals surface area contributed by atoms with E-state index in [-0.39, 0.29) is 0 Å². The molecule has 3 heterocycles. The molecule has 0 bridgehead atoms. The van der Waals surface area contributed by atoms with Gasteiger partial charge in [0.15, 0.2) is 11.2 Å². The maximum absolute atomic E-state index is 6.28. The molecule has 0 saturated carbocycles. The van der Waals surface area contributed by atoms with E-state index in [1.54, 1.807) is 0 Å². The summed E-state index contributed by atoms with van der Waals surface area (Å²) in [6.45, 7) is 0. The maximum Gasteiger partial charge on any atom is 0.152 e. The molecule has 0 radical (unpaired) electrons. The normalized spacial score (nSPS) is 12.3. The van der Waals surface area contributed by atoms with Gasteiger partial charge >= 0.3 is 0 Å². The third-order valence-corrected chi connectivity index (χ3v) is 5.78. The first-order valence-electron chi connectivity index (χ1n) is 9.40. The Bertz CT molecular complexity index is 1670. The van der Waals surface area contributed by atoms with Crippen LogP contribution in [0.4, 0.5) is 0 Å². The Hall–Kier alpha value is -3.85. The lowest BCUT2D eigenvalue weighted by atomic mass is 9.99. The first kappa shape index (κ1) is 14.2. The lowest BCUT2D eigenvalue weighted by Gasteiger charge is -2.22. The van der Waals surface area contributed by atoms with Gasteiger partial charge in [0.05, 0.1) is 22.2 Å². The van der Waals surface area contributed by atoms with E-state index < -0.39 is 0 Å². The molecule has 5 aromatic rings. The van der Waals surface area contributed by atoms with Crippen molar-refractivity contribution in [2.75, 3.05) is 0 Å². The molecule has 7 rings (SSSR count).